The molecule has 2 rings (SSSR count). The first-order valence-corrected chi connectivity index (χ1v) is 15.8. The van der Waals surface area contributed by atoms with Gasteiger partial charge in [-0.15, -0.1) is 0 Å². The molecule has 0 saturated heterocycles. The summed E-state index contributed by atoms with van der Waals surface area (Å²) in [6, 6.07) is 4.23. The molecule has 1 aromatic rings. The Labute approximate surface area is 249 Å². The van der Waals surface area contributed by atoms with E-state index in [1.807, 2.05) is 52.8 Å². The van der Waals surface area contributed by atoms with Gasteiger partial charge in [0.25, 0.3) is 0 Å². The van der Waals surface area contributed by atoms with E-state index in [1.54, 1.807) is 25.7 Å². The van der Waals surface area contributed by atoms with Crippen LogP contribution in [-0.2, 0) is 14.3 Å². The van der Waals surface area contributed by atoms with Gasteiger partial charge in [-0.2, -0.15) is 0 Å². The molecular formula is C34H57N3O4. The highest BCUT2D eigenvalue weighted by Crippen LogP contribution is 2.32. The van der Waals surface area contributed by atoms with Gasteiger partial charge in [-0.05, 0) is 95.8 Å². The van der Waals surface area contributed by atoms with Crippen LogP contribution in [0.5, 0.6) is 0 Å². The number of carbonyl (C=O) groups excluding carboxylic acids is 3. The molecule has 7 nitrogen and oxygen atoms in total. The fraction of sp³-hybridized carbons (Fsp3) is 0.735. The third-order valence-electron chi connectivity index (χ3n) is 8.46. The maximum Gasteiger partial charge on any atom is 0.408 e. The summed E-state index contributed by atoms with van der Waals surface area (Å²) < 4.78 is 5.56. The molecule has 232 valence electrons. The second-order valence-corrected chi connectivity index (χ2v) is 13.6. The molecule has 1 aliphatic carbocycles. The summed E-state index contributed by atoms with van der Waals surface area (Å²) in [5.74, 6) is -0.0907. The van der Waals surface area contributed by atoms with E-state index < -0.39 is 23.8 Å². The van der Waals surface area contributed by atoms with Crippen LogP contribution in [0.4, 0.5) is 4.79 Å². The van der Waals surface area contributed by atoms with E-state index in [0.717, 1.165) is 55.2 Å². The summed E-state index contributed by atoms with van der Waals surface area (Å²) in [5, 5.41) is 6.22. The van der Waals surface area contributed by atoms with Gasteiger partial charge in [0.15, 0.2) is 0 Å². The highest BCUT2D eigenvalue weighted by atomic mass is 16.6. The standard InChI is InChI=1S/C34H57N3O4/c1-11-23(4)29(36-33(40)41-34(8,9)10)32(39)37(25(6)21-20-22(2)3)30(28-19-15-16-24(5)26(28)7)31(38)35-27-17-13-12-14-18-27/h15-16,19,22-23,25,27,29-30H,11-14,17-18,20-21H2,1-10H3,(H,35,38)(H,36,40). The summed E-state index contributed by atoms with van der Waals surface area (Å²) in [6.07, 6.45) is 7.03. The lowest BCUT2D eigenvalue weighted by molar-refractivity contribution is -0.146. The van der Waals surface area contributed by atoms with Crippen molar-refractivity contribution in [1.29, 1.82) is 0 Å². The first kappa shape index (κ1) is 34.6. The normalized spacial score (nSPS) is 17.3. The molecule has 41 heavy (non-hydrogen) atoms. The van der Waals surface area contributed by atoms with Crippen molar-refractivity contribution < 1.29 is 19.1 Å². The molecule has 0 heterocycles. The van der Waals surface area contributed by atoms with Gasteiger partial charge >= 0.3 is 6.09 Å². The van der Waals surface area contributed by atoms with Gasteiger partial charge in [0.2, 0.25) is 11.8 Å². The average molecular weight is 572 g/mol. The molecule has 2 N–H and O–H groups in total. The molecule has 0 aromatic heterocycles. The third kappa shape index (κ3) is 10.3. The van der Waals surface area contributed by atoms with E-state index in [1.165, 1.54) is 6.42 Å². The van der Waals surface area contributed by atoms with Crippen LogP contribution >= 0.6 is 0 Å². The molecule has 1 fully saturated rings. The number of nitrogens with zero attached hydrogens (tertiary/aromatic N) is 1. The molecule has 1 aliphatic rings. The van der Waals surface area contributed by atoms with Crippen molar-refractivity contribution in [3.63, 3.8) is 0 Å². The summed E-state index contributed by atoms with van der Waals surface area (Å²) in [6.45, 7) is 19.8. The lowest BCUT2D eigenvalue weighted by Crippen LogP contribution is -2.58. The van der Waals surface area contributed by atoms with Crippen LogP contribution in [0.3, 0.4) is 0 Å². The fourth-order valence-corrected chi connectivity index (χ4v) is 5.61. The first-order valence-electron chi connectivity index (χ1n) is 15.8. The summed E-state index contributed by atoms with van der Waals surface area (Å²) in [5.41, 5.74) is 2.22. The van der Waals surface area contributed by atoms with Crippen molar-refractivity contribution in [1.82, 2.24) is 15.5 Å². The molecule has 0 bridgehead atoms. The monoisotopic (exact) mass is 571 g/mol. The highest BCUT2D eigenvalue weighted by molar-refractivity contribution is 5.93. The zero-order valence-corrected chi connectivity index (χ0v) is 27.4. The van der Waals surface area contributed by atoms with Crippen molar-refractivity contribution in [3.05, 3.63) is 34.9 Å². The molecular weight excluding hydrogens is 514 g/mol. The minimum absolute atomic E-state index is 0.108. The van der Waals surface area contributed by atoms with Crippen molar-refractivity contribution in [2.45, 2.75) is 150 Å². The number of carbonyl (C=O) groups is 3. The van der Waals surface area contributed by atoms with Crippen LogP contribution in [0.1, 0.15) is 129 Å². The zero-order chi connectivity index (χ0) is 30.9. The number of alkyl carbamates (subject to hydrolysis) is 1. The maximum absolute atomic E-state index is 14.7. The Morgan fingerprint density at radius 3 is 2.20 bits per heavy atom. The van der Waals surface area contributed by atoms with Crippen LogP contribution in [0.15, 0.2) is 18.2 Å². The lowest BCUT2D eigenvalue weighted by Gasteiger charge is -2.41. The van der Waals surface area contributed by atoms with Crippen molar-refractivity contribution in [2.24, 2.45) is 11.8 Å². The lowest BCUT2D eigenvalue weighted by atomic mass is 9.90. The van der Waals surface area contributed by atoms with Gasteiger partial charge in [0, 0.05) is 12.1 Å². The molecule has 3 amide bonds. The first-order chi connectivity index (χ1) is 19.2. The van der Waals surface area contributed by atoms with Crippen LogP contribution in [0.25, 0.3) is 0 Å². The molecule has 0 radical (unpaired) electrons. The number of rotatable bonds is 12. The van der Waals surface area contributed by atoms with Crippen molar-refractivity contribution in [3.8, 4) is 0 Å². The number of amides is 3. The summed E-state index contributed by atoms with van der Waals surface area (Å²) in [4.78, 5) is 43.8. The smallest absolute Gasteiger partial charge is 0.408 e. The Morgan fingerprint density at radius 2 is 1.63 bits per heavy atom. The van der Waals surface area contributed by atoms with Gasteiger partial charge in [-0.1, -0.05) is 71.6 Å². The average Bonchev–Trinajstić information content (AvgIpc) is 2.89. The van der Waals surface area contributed by atoms with Crippen LogP contribution in [-0.4, -0.2) is 46.5 Å². The van der Waals surface area contributed by atoms with E-state index in [-0.39, 0.29) is 29.8 Å². The van der Waals surface area contributed by atoms with E-state index in [4.69, 9.17) is 4.74 Å². The van der Waals surface area contributed by atoms with Gasteiger partial charge in [0.1, 0.15) is 17.7 Å². The van der Waals surface area contributed by atoms with Crippen molar-refractivity contribution >= 4 is 17.9 Å². The van der Waals surface area contributed by atoms with E-state index in [2.05, 4.69) is 24.5 Å². The Kier molecular flexibility index (Phi) is 13.2. The molecule has 1 saturated carbocycles. The number of hydrogen-bond acceptors (Lipinski definition) is 4. The quantitative estimate of drug-likeness (QED) is 0.274. The Balaban J connectivity index is 2.63. The van der Waals surface area contributed by atoms with Crippen LogP contribution < -0.4 is 10.6 Å². The van der Waals surface area contributed by atoms with Crippen LogP contribution in [0, 0.1) is 25.7 Å². The zero-order valence-electron chi connectivity index (χ0n) is 27.4. The number of benzene rings is 1. The van der Waals surface area contributed by atoms with Crippen molar-refractivity contribution in [2.75, 3.05) is 0 Å². The summed E-state index contributed by atoms with van der Waals surface area (Å²) in [7, 11) is 0. The highest BCUT2D eigenvalue weighted by Gasteiger charge is 2.41. The molecule has 0 spiro atoms. The number of aryl methyl sites for hydroxylation is 1. The Bertz CT molecular complexity index is 1010. The maximum atomic E-state index is 14.7. The second kappa shape index (κ2) is 15.6. The fourth-order valence-electron chi connectivity index (χ4n) is 5.61. The second-order valence-electron chi connectivity index (χ2n) is 13.6. The number of ether oxygens (including phenoxy) is 1. The molecule has 4 atom stereocenters. The summed E-state index contributed by atoms with van der Waals surface area (Å²) >= 11 is 0. The predicted octanol–water partition coefficient (Wildman–Crippen LogP) is 7.39. The number of hydrogen-bond donors (Lipinski definition) is 2. The molecule has 0 aliphatic heterocycles. The third-order valence-corrected chi connectivity index (χ3v) is 8.46. The topological polar surface area (TPSA) is 87.7 Å². The number of nitrogens with one attached hydrogen (secondary N) is 2. The SMILES string of the molecule is CCC(C)C(NC(=O)OC(C)(C)C)C(=O)N(C(C)CCC(C)C)C(C(=O)NC1CCCCC1)c1cccc(C)c1C. The molecule has 4 unspecified atom stereocenters. The van der Waals surface area contributed by atoms with Crippen LogP contribution in [0.2, 0.25) is 0 Å². The molecule has 7 heteroatoms. The van der Waals surface area contributed by atoms with E-state index in [0.29, 0.717) is 12.3 Å². The minimum Gasteiger partial charge on any atom is -0.444 e. The largest absolute Gasteiger partial charge is 0.444 e. The van der Waals surface area contributed by atoms with Gasteiger partial charge in [-0.25, -0.2) is 4.79 Å². The molecule has 1 aromatic carbocycles. The Morgan fingerprint density at radius 1 is 1.00 bits per heavy atom. The van der Waals surface area contributed by atoms with Gasteiger partial charge in [0.05, 0.1) is 0 Å². The minimum atomic E-state index is -0.827. The van der Waals surface area contributed by atoms with Gasteiger partial charge in [-0.3, -0.25) is 9.59 Å². The van der Waals surface area contributed by atoms with E-state index >= 15 is 0 Å². The Hall–Kier alpha value is -2.57. The predicted molar refractivity (Wildman–Crippen MR) is 167 cm³/mol. The van der Waals surface area contributed by atoms with E-state index in [9.17, 15) is 14.4 Å². The van der Waals surface area contributed by atoms with Gasteiger partial charge < -0.3 is 20.3 Å².